The Morgan fingerprint density at radius 2 is 2.25 bits per heavy atom. The first-order chi connectivity index (χ1) is 9.53. The number of rotatable bonds is 4. The molecule has 0 bridgehead atoms. The summed E-state index contributed by atoms with van der Waals surface area (Å²) >= 11 is 0. The highest BCUT2D eigenvalue weighted by atomic mass is 32.2. The van der Waals surface area contributed by atoms with E-state index in [0.717, 1.165) is 0 Å². The van der Waals surface area contributed by atoms with Gasteiger partial charge in [0, 0.05) is 6.54 Å². The Morgan fingerprint density at radius 3 is 2.90 bits per heavy atom. The monoisotopic (exact) mass is 296 g/mol. The fraction of sp³-hybridized carbons (Fsp3) is 0.462. The summed E-state index contributed by atoms with van der Waals surface area (Å²) in [5, 5.41) is 8.85. The zero-order valence-corrected chi connectivity index (χ0v) is 11.9. The molecule has 1 heterocycles. The highest BCUT2D eigenvalue weighted by Gasteiger charge is 2.21. The maximum atomic E-state index is 12.2. The Kier molecular flexibility index (Phi) is 4.73. The molecule has 2 rings (SSSR count). The summed E-state index contributed by atoms with van der Waals surface area (Å²) in [7, 11) is -3.66. The number of ether oxygens (including phenoxy) is 2. The first-order valence-electron chi connectivity index (χ1n) is 6.22. The van der Waals surface area contributed by atoms with E-state index in [1.807, 2.05) is 6.07 Å². The fourth-order valence-electron chi connectivity index (χ4n) is 1.89. The van der Waals surface area contributed by atoms with Crippen molar-refractivity contribution in [2.45, 2.75) is 17.9 Å². The van der Waals surface area contributed by atoms with Gasteiger partial charge in [-0.05, 0) is 24.6 Å². The maximum absolute atomic E-state index is 12.2. The van der Waals surface area contributed by atoms with E-state index in [4.69, 9.17) is 14.7 Å². The molecule has 0 saturated carbocycles. The minimum Gasteiger partial charge on any atom is -0.376 e. The minimum absolute atomic E-state index is 0.119. The third-order valence-corrected chi connectivity index (χ3v) is 4.56. The zero-order chi connectivity index (χ0) is 14.6. The third kappa shape index (κ3) is 3.55. The summed E-state index contributed by atoms with van der Waals surface area (Å²) in [5.41, 5.74) is 0.908. The number of nitrogens with zero attached hydrogens (tertiary/aromatic N) is 1. The van der Waals surface area contributed by atoms with Gasteiger partial charge in [0.1, 0.15) is 0 Å². The standard InChI is InChI=1S/C13H16N2O4S/c1-10-2-3-11(7-14)6-13(10)20(16,17)15-8-12-9-18-4-5-19-12/h2-3,6,12,15H,4-5,8-9H2,1H3. The van der Waals surface area contributed by atoms with Crippen molar-refractivity contribution in [2.75, 3.05) is 26.4 Å². The lowest BCUT2D eigenvalue weighted by atomic mass is 10.2. The van der Waals surface area contributed by atoms with Crippen LogP contribution >= 0.6 is 0 Å². The van der Waals surface area contributed by atoms with Crippen LogP contribution in [0.3, 0.4) is 0 Å². The third-order valence-electron chi connectivity index (χ3n) is 2.99. The summed E-state index contributed by atoms with van der Waals surface area (Å²) in [6.45, 7) is 3.22. The Bertz CT molecular complexity index is 616. The highest BCUT2D eigenvalue weighted by molar-refractivity contribution is 7.89. The van der Waals surface area contributed by atoms with E-state index in [1.165, 1.54) is 6.07 Å². The SMILES string of the molecule is Cc1ccc(C#N)cc1S(=O)(=O)NCC1COCCO1. The zero-order valence-electron chi connectivity index (χ0n) is 11.1. The van der Waals surface area contributed by atoms with E-state index in [1.54, 1.807) is 19.1 Å². The van der Waals surface area contributed by atoms with Gasteiger partial charge < -0.3 is 9.47 Å². The van der Waals surface area contributed by atoms with Crippen LogP contribution in [0.15, 0.2) is 23.1 Å². The summed E-state index contributed by atoms with van der Waals surface area (Å²) < 4.78 is 37.6. The molecule has 1 N–H and O–H groups in total. The van der Waals surface area contributed by atoms with Crippen LogP contribution in [0, 0.1) is 18.3 Å². The lowest BCUT2D eigenvalue weighted by Crippen LogP contribution is -2.39. The van der Waals surface area contributed by atoms with Crippen LogP contribution in [-0.2, 0) is 19.5 Å². The van der Waals surface area contributed by atoms with Crippen LogP contribution in [0.25, 0.3) is 0 Å². The van der Waals surface area contributed by atoms with Crippen molar-refractivity contribution < 1.29 is 17.9 Å². The van der Waals surface area contributed by atoms with Crippen LogP contribution in [0.1, 0.15) is 11.1 Å². The van der Waals surface area contributed by atoms with Crippen LogP contribution in [-0.4, -0.2) is 40.9 Å². The average molecular weight is 296 g/mol. The van der Waals surface area contributed by atoms with Crippen LogP contribution in [0.4, 0.5) is 0 Å². The largest absolute Gasteiger partial charge is 0.376 e. The van der Waals surface area contributed by atoms with E-state index >= 15 is 0 Å². The van der Waals surface area contributed by atoms with Gasteiger partial charge in [-0.1, -0.05) is 6.07 Å². The number of benzene rings is 1. The molecule has 0 spiro atoms. The molecule has 1 fully saturated rings. The van der Waals surface area contributed by atoms with Gasteiger partial charge in [0.2, 0.25) is 10.0 Å². The van der Waals surface area contributed by atoms with E-state index in [-0.39, 0.29) is 17.5 Å². The molecule has 0 aliphatic carbocycles. The lowest BCUT2D eigenvalue weighted by Gasteiger charge is -2.23. The molecule has 1 aromatic carbocycles. The number of hydrogen-bond acceptors (Lipinski definition) is 5. The van der Waals surface area contributed by atoms with Gasteiger partial charge in [0.05, 0.1) is 42.5 Å². The summed E-state index contributed by atoms with van der Waals surface area (Å²) in [4.78, 5) is 0.119. The van der Waals surface area contributed by atoms with Crippen molar-refractivity contribution in [3.8, 4) is 6.07 Å². The molecule has 0 radical (unpaired) electrons. The summed E-state index contributed by atoms with van der Waals surface area (Å²) in [5.74, 6) is 0. The molecule has 1 unspecified atom stereocenters. The van der Waals surface area contributed by atoms with Crippen LogP contribution in [0.5, 0.6) is 0 Å². The topological polar surface area (TPSA) is 88.4 Å². The highest BCUT2D eigenvalue weighted by Crippen LogP contribution is 2.16. The van der Waals surface area contributed by atoms with E-state index in [2.05, 4.69) is 4.72 Å². The summed E-state index contributed by atoms with van der Waals surface area (Å²) in [6.07, 6.45) is -0.280. The predicted molar refractivity (Wildman–Crippen MR) is 71.6 cm³/mol. The quantitative estimate of drug-likeness (QED) is 0.877. The molecule has 1 aliphatic heterocycles. The van der Waals surface area contributed by atoms with Gasteiger partial charge in [-0.3, -0.25) is 0 Å². The first-order valence-corrected chi connectivity index (χ1v) is 7.71. The molecule has 1 aliphatic rings. The number of aryl methyl sites for hydroxylation is 1. The van der Waals surface area contributed by atoms with Crippen molar-refractivity contribution in [1.82, 2.24) is 4.72 Å². The first kappa shape index (κ1) is 14.9. The molecule has 0 aromatic heterocycles. The molecule has 0 amide bonds. The van der Waals surface area contributed by atoms with E-state index in [9.17, 15) is 8.42 Å². The van der Waals surface area contributed by atoms with Gasteiger partial charge in [0.25, 0.3) is 0 Å². The predicted octanol–water partition coefficient (Wildman–Crippen LogP) is 0.560. The van der Waals surface area contributed by atoms with Gasteiger partial charge >= 0.3 is 0 Å². The molecule has 6 nitrogen and oxygen atoms in total. The number of sulfonamides is 1. The Labute approximate surface area is 118 Å². The van der Waals surface area contributed by atoms with Gasteiger partial charge in [-0.15, -0.1) is 0 Å². The van der Waals surface area contributed by atoms with Crippen molar-refractivity contribution in [2.24, 2.45) is 0 Å². The molecular weight excluding hydrogens is 280 g/mol. The lowest BCUT2D eigenvalue weighted by molar-refractivity contribution is -0.0846. The molecule has 7 heteroatoms. The Hall–Kier alpha value is -1.46. The number of nitriles is 1. The molecular formula is C13H16N2O4S. The minimum atomic E-state index is -3.66. The number of hydrogen-bond donors (Lipinski definition) is 1. The molecule has 1 aromatic rings. The smallest absolute Gasteiger partial charge is 0.240 e. The second-order valence-electron chi connectivity index (χ2n) is 4.51. The molecule has 1 saturated heterocycles. The molecule has 1 atom stereocenters. The fourth-order valence-corrected chi connectivity index (χ4v) is 3.23. The maximum Gasteiger partial charge on any atom is 0.240 e. The van der Waals surface area contributed by atoms with Gasteiger partial charge in [-0.25, -0.2) is 13.1 Å². The Morgan fingerprint density at radius 1 is 1.45 bits per heavy atom. The average Bonchev–Trinajstić information content (AvgIpc) is 2.47. The second-order valence-corrected chi connectivity index (χ2v) is 6.25. The Balaban J connectivity index is 2.11. The van der Waals surface area contributed by atoms with Crippen molar-refractivity contribution in [3.63, 3.8) is 0 Å². The van der Waals surface area contributed by atoms with E-state index < -0.39 is 10.0 Å². The normalized spacial score (nSPS) is 19.5. The molecule has 20 heavy (non-hydrogen) atoms. The van der Waals surface area contributed by atoms with Crippen molar-refractivity contribution in [3.05, 3.63) is 29.3 Å². The van der Waals surface area contributed by atoms with E-state index in [0.29, 0.717) is 30.9 Å². The van der Waals surface area contributed by atoms with Crippen molar-refractivity contribution >= 4 is 10.0 Å². The van der Waals surface area contributed by atoms with Crippen molar-refractivity contribution in [1.29, 1.82) is 5.26 Å². The molecule has 108 valence electrons. The van der Waals surface area contributed by atoms with Gasteiger partial charge in [-0.2, -0.15) is 5.26 Å². The van der Waals surface area contributed by atoms with Crippen LogP contribution in [0.2, 0.25) is 0 Å². The van der Waals surface area contributed by atoms with Crippen LogP contribution < -0.4 is 4.72 Å². The second kappa shape index (κ2) is 6.33. The van der Waals surface area contributed by atoms with Gasteiger partial charge in [0.15, 0.2) is 0 Å². The summed E-state index contributed by atoms with van der Waals surface area (Å²) in [6, 6.07) is 6.51. The number of nitrogens with one attached hydrogen (secondary N) is 1.